The third kappa shape index (κ3) is 6.40. The van der Waals surface area contributed by atoms with Crippen LogP contribution in [-0.2, 0) is 17.8 Å². The molecule has 1 saturated carbocycles. The van der Waals surface area contributed by atoms with Gasteiger partial charge in [-0.05, 0) is 50.5 Å². The van der Waals surface area contributed by atoms with Crippen molar-refractivity contribution in [3.05, 3.63) is 41.6 Å². The van der Waals surface area contributed by atoms with Gasteiger partial charge in [0.05, 0.1) is 29.5 Å². The Morgan fingerprint density at radius 2 is 2.02 bits per heavy atom. The van der Waals surface area contributed by atoms with E-state index in [9.17, 15) is 31.5 Å². The van der Waals surface area contributed by atoms with Gasteiger partial charge in [-0.15, -0.1) is 11.8 Å². The molecular weight excluding hydrogens is 581 g/mol. The van der Waals surface area contributed by atoms with Gasteiger partial charge in [0.2, 0.25) is 11.8 Å². The maximum absolute atomic E-state index is 14.0. The van der Waals surface area contributed by atoms with Crippen LogP contribution in [0.5, 0.6) is 0 Å². The molecule has 3 atom stereocenters. The molecule has 3 aromatic heterocycles. The summed E-state index contributed by atoms with van der Waals surface area (Å²) in [6.45, 7) is 1.88. The van der Waals surface area contributed by atoms with E-state index in [-0.39, 0.29) is 44.4 Å². The molecule has 228 valence electrons. The van der Waals surface area contributed by atoms with Crippen molar-refractivity contribution in [2.75, 3.05) is 12.8 Å². The van der Waals surface area contributed by atoms with Gasteiger partial charge >= 0.3 is 6.18 Å². The van der Waals surface area contributed by atoms with E-state index in [0.29, 0.717) is 34.2 Å². The summed E-state index contributed by atoms with van der Waals surface area (Å²) in [5, 5.41) is 14.1. The van der Waals surface area contributed by atoms with Gasteiger partial charge in [0, 0.05) is 49.4 Å². The second-order valence-corrected chi connectivity index (χ2v) is 11.8. The molecule has 1 saturated heterocycles. The molecule has 1 aliphatic carbocycles. The van der Waals surface area contributed by atoms with Gasteiger partial charge in [0.1, 0.15) is 5.69 Å². The zero-order valence-electron chi connectivity index (χ0n) is 23.1. The van der Waals surface area contributed by atoms with Gasteiger partial charge in [0.25, 0.3) is 5.91 Å². The fraction of sp³-hybridized carbons (Fsp3) is 0.593. The molecule has 0 bridgehead atoms. The topological polar surface area (TPSA) is 106 Å². The Hall–Kier alpha value is -3.23. The smallest absolute Gasteiger partial charge is 0.355 e. The van der Waals surface area contributed by atoms with Crippen LogP contribution in [0.25, 0.3) is 5.65 Å². The van der Waals surface area contributed by atoms with E-state index >= 15 is 0 Å². The van der Waals surface area contributed by atoms with Gasteiger partial charge in [-0.1, -0.05) is 0 Å². The van der Waals surface area contributed by atoms with Crippen molar-refractivity contribution in [2.24, 2.45) is 17.8 Å². The number of nitrogens with one attached hydrogen (secondary N) is 2. The molecule has 0 radical (unpaired) electrons. The molecule has 0 aromatic carbocycles. The van der Waals surface area contributed by atoms with Gasteiger partial charge in [-0.3, -0.25) is 14.3 Å². The number of thioether (sulfide) groups is 1. The first kappa shape index (κ1) is 30.2. The highest BCUT2D eigenvalue weighted by atomic mass is 32.2. The summed E-state index contributed by atoms with van der Waals surface area (Å²) in [5.41, 5.74) is 1.65. The lowest BCUT2D eigenvalue weighted by molar-refractivity contribution is -0.183. The fourth-order valence-corrected chi connectivity index (χ4v) is 6.40. The number of carbonyl (C=O) groups is 2. The van der Waals surface area contributed by atoms with Crippen LogP contribution in [0.4, 0.5) is 22.0 Å². The second-order valence-electron chi connectivity index (χ2n) is 10.9. The summed E-state index contributed by atoms with van der Waals surface area (Å²) in [7, 11) is 0. The molecule has 1 aliphatic heterocycles. The molecule has 2 amide bonds. The number of nitrogens with zero attached hydrogens (tertiary/aromatic N) is 5. The molecule has 5 rings (SSSR count). The van der Waals surface area contributed by atoms with Gasteiger partial charge < -0.3 is 10.6 Å². The summed E-state index contributed by atoms with van der Waals surface area (Å²) in [5.74, 6) is -6.44. The monoisotopic (exact) mass is 613 g/mol. The number of alkyl halides is 5. The molecule has 9 nitrogen and oxygen atoms in total. The number of aromatic nitrogens is 5. The third-order valence-electron chi connectivity index (χ3n) is 8.18. The molecule has 0 spiro atoms. The van der Waals surface area contributed by atoms with E-state index in [1.165, 1.54) is 27.2 Å². The maximum atomic E-state index is 14.0. The number of rotatable bonds is 8. The first-order valence-electron chi connectivity index (χ1n) is 13.9. The predicted molar refractivity (Wildman–Crippen MR) is 144 cm³/mol. The van der Waals surface area contributed by atoms with Crippen molar-refractivity contribution in [3.8, 4) is 0 Å². The number of hydrogen-bond acceptors (Lipinski definition) is 6. The standard InChI is InChI=1S/C27H32F5N7O2S/c1-3-38-20(6-9-34-38)25(41)36-23(15-4-7-26(28,29)8-5-15)19-14-39-22(35-19)12-21(42-2)18(37-39)11-16-10-17(27(30,31)32)13-33-24(16)40/h6,9,12,14-17,23H,3-5,7-8,10-11,13H2,1-2H3,(H,33,40)(H,36,41)/t16?,17-,23?/m1/s1. The average molecular weight is 614 g/mol. The van der Waals surface area contributed by atoms with E-state index in [0.717, 1.165) is 0 Å². The predicted octanol–water partition coefficient (Wildman–Crippen LogP) is 4.82. The molecule has 42 heavy (non-hydrogen) atoms. The Morgan fingerprint density at radius 3 is 2.69 bits per heavy atom. The first-order chi connectivity index (χ1) is 19.9. The second kappa shape index (κ2) is 11.8. The first-order valence-corrected chi connectivity index (χ1v) is 15.1. The number of imidazole rings is 1. The van der Waals surface area contributed by atoms with E-state index in [2.05, 4.69) is 20.8 Å². The highest BCUT2D eigenvalue weighted by molar-refractivity contribution is 7.98. The molecule has 2 unspecified atom stereocenters. The molecule has 4 heterocycles. The van der Waals surface area contributed by atoms with E-state index in [1.807, 2.05) is 6.92 Å². The van der Waals surface area contributed by atoms with E-state index in [1.54, 1.807) is 24.6 Å². The van der Waals surface area contributed by atoms with Crippen molar-refractivity contribution in [1.82, 2.24) is 35.0 Å². The van der Waals surface area contributed by atoms with Crippen LogP contribution in [0.1, 0.15) is 66.9 Å². The fourth-order valence-electron chi connectivity index (χ4n) is 5.81. The van der Waals surface area contributed by atoms with Crippen molar-refractivity contribution < 1.29 is 31.5 Å². The Kier molecular flexibility index (Phi) is 8.50. The van der Waals surface area contributed by atoms with Crippen molar-refractivity contribution in [3.63, 3.8) is 0 Å². The molecule has 2 fully saturated rings. The molecule has 3 aromatic rings. The summed E-state index contributed by atoms with van der Waals surface area (Å²) in [4.78, 5) is 31.1. The van der Waals surface area contributed by atoms with Crippen LogP contribution < -0.4 is 10.6 Å². The zero-order valence-corrected chi connectivity index (χ0v) is 23.9. The minimum atomic E-state index is -4.41. The van der Waals surface area contributed by atoms with Crippen LogP contribution in [0, 0.1) is 17.8 Å². The van der Waals surface area contributed by atoms with Crippen LogP contribution in [0.2, 0.25) is 0 Å². The number of fused-ring (bicyclic) bond motifs is 1. The van der Waals surface area contributed by atoms with E-state index in [4.69, 9.17) is 4.98 Å². The zero-order chi connectivity index (χ0) is 30.2. The number of piperidine rings is 1. The van der Waals surface area contributed by atoms with Gasteiger partial charge in [-0.25, -0.2) is 18.3 Å². The van der Waals surface area contributed by atoms with Crippen LogP contribution >= 0.6 is 11.8 Å². The van der Waals surface area contributed by atoms with Crippen molar-refractivity contribution >= 4 is 29.2 Å². The Labute approximate surface area is 243 Å². The molecule has 2 N–H and O–H groups in total. The quantitative estimate of drug-likeness (QED) is 0.279. The Morgan fingerprint density at radius 1 is 1.29 bits per heavy atom. The summed E-state index contributed by atoms with van der Waals surface area (Å²) in [6.07, 6.45) is -0.0447. The average Bonchev–Trinajstić information content (AvgIpc) is 3.58. The maximum Gasteiger partial charge on any atom is 0.393 e. The lowest BCUT2D eigenvalue weighted by Gasteiger charge is -2.33. The van der Waals surface area contributed by atoms with Gasteiger partial charge in [-0.2, -0.15) is 23.4 Å². The van der Waals surface area contributed by atoms with Crippen molar-refractivity contribution in [2.45, 2.75) is 75.0 Å². The highest BCUT2D eigenvalue weighted by Gasteiger charge is 2.45. The number of hydrogen-bond donors (Lipinski definition) is 2. The summed E-state index contributed by atoms with van der Waals surface area (Å²) < 4.78 is 71.1. The van der Waals surface area contributed by atoms with E-state index < -0.39 is 48.3 Å². The summed E-state index contributed by atoms with van der Waals surface area (Å²) in [6, 6.07) is 2.63. The molecule has 15 heteroatoms. The Balaban J connectivity index is 1.45. The Bertz CT molecular complexity index is 1450. The van der Waals surface area contributed by atoms with Crippen LogP contribution in [0.15, 0.2) is 29.4 Å². The number of amides is 2. The van der Waals surface area contributed by atoms with Crippen molar-refractivity contribution in [1.29, 1.82) is 0 Å². The minimum Gasteiger partial charge on any atom is -0.355 e. The third-order valence-corrected chi connectivity index (χ3v) is 8.97. The van der Waals surface area contributed by atoms with Crippen LogP contribution in [-0.4, -0.2) is 61.1 Å². The normalized spacial score (nSPS) is 22.2. The SMILES string of the molecule is CCn1nccc1C(=O)NC(c1cn2nc(CC3C[C@@H](C(F)(F)F)CNC3=O)c(SC)cc2n1)C1CCC(F)(F)CC1. The van der Waals surface area contributed by atoms with Gasteiger partial charge in [0.15, 0.2) is 5.65 Å². The number of halogens is 5. The minimum absolute atomic E-state index is 0.0108. The lowest BCUT2D eigenvalue weighted by Crippen LogP contribution is -2.47. The largest absolute Gasteiger partial charge is 0.393 e. The summed E-state index contributed by atoms with van der Waals surface area (Å²) >= 11 is 1.33. The van der Waals surface area contributed by atoms with Crippen LogP contribution in [0.3, 0.4) is 0 Å². The number of aryl methyl sites for hydroxylation is 1. The lowest BCUT2D eigenvalue weighted by atomic mass is 9.81. The molecular formula is C27H32F5N7O2S. The number of carbonyl (C=O) groups excluding carboxylic acids is 2. The molecule has 2 aliphatic rings. The highest BCUT2D eigenvalue weighted by Crippen LogP contribution is 2.41.